The Morgan fingerprint density at radius 1 is 1.24 bits per heavy atom. The number of nitrogens with one attached hydrogen (secondary N) is 2. The largest absolute Gasteiger partial charge is 0.392 e. The zero-order valence-electron chi connectivity index (χ0n) is 9.97. The Kier molecular flexibility index (Phi) is 3.14. The standard InChI is InChI=1S/C14H20N2O/c17-12-6-11(15-9-12)8-16-14-7-13(14)10-4-2-1-3-5-10/h1-5,11-17H,6-9H2. The molecule has 3 rings (SSSR count). The SMILES string of the molecule is OC1CNC(CNC2CC2c2ccccc2)C1. The molecule has 1 saturated carbocycles. The second-order valence-corrected chi connectivity index (χ2v) is 5.26. The summed E-state index contributed by atoms with van der Waals surface area (Å²) in [7, 11) is 0. The summed E-state index contributed by atoms with van der Waals surface area (Å²) in [6.45, 7) is 1.73. The predicted octanol–water partition coefficient (Wildman–Crippen LogP) is 0.855. The van der Waals surface area contributed by atoms with E-state index in [2.05, 4.69) is 41.0 Å². The molecule has 3 heteroatoms. The Morgan fingerprint density at radius 3 is 2.76 bits per heavy atom. The molecule has 1 saturated heterocycles. The van der Waals surface area contributed by atoms with E-state index in [1.165, 1.54) is 12.0 Å². The minimum absolute atomic E-state index is 0.147. The van der Waals surface area contributed by atoms with Gasteiger partial charge in [-0.25, -0.2) is 0 Å². The first-order valence-electron chi connectivity index (χ1n) is 6.52. The fourth-order valence-corrected chi connectivity index (χ4v) is 2.74. The van der Waals surface area contributed by atoms with Crippen LogP contribution >= 0.6 is 0 Å². The van der Waals surface area contributed by atoms with E-state index in [0.717, 1.165) is 19.5 Å². The molecular weight excluding hydrogens is 212 g/mol. The van der Waals surface area contributed by atoms with Crippen LogP contribution in [0.15, 0.2) is 30.3 Å². The number of benzene rings is 1. The molecule has 2 aliphatic rings. The van der Waals surface area contributed by atoms with E-state index in [1.54, 1.807) is 0 Å². The zero-order chi connectivity index (χ0) is 11.7. The van der Waals surface area contributed by atoms with Gasteiger partial charge in [0.1, 0.15) is 0 Å². The fraction of sp³-hybridized carbons (Fsp3) is 0.571. The van der Waals surface area contributed by atoms with Crippen molar-refractivity contribution in [1.82, 2.24) is 10.6 Å². The quantitative estimate of drug-likeness (QED) is 0.721. The second kappa shape index (κ2) is 4.77. The van der Waals surface area contributed by atoms with Gasteiger partial charge in [0.15, 0.2) is 0 Å². The van der Waals surface area contributed by atoms with Crippen molar-refractivity contribution >= 4 is 0 Å². The van der Waals surface area contributed by atoms with Crippen LogP contribution < -0.4 is 10.6 Å². The van der Waals surface area contributed by atoms with Crippen LogP contribution in [0.2, 0.25) is 0 Å². The zero-order valence-corrected chi connectivity index (χ0v) is 9.97. The average Bonchev–Trinajstić information content (AvgIpc) is 3.03. The number of β-amino-alcohol motifs (C(OH)–C–C–N with tert-alkyl or cyclic N) is 1. The summed E-state index contributed by atoms with van der Waals surface area (Å²) in [5.41, 5.74) is 1.45. The summed E-state index contributed by atoms with van der Waals surface area (Å²) < 4.78 is 0. The smallest absolute Gasteiger partial charge is 0.0680 e. The Hall–Kier alpha value is -0.900. The van der Waals surface area contributed by atoms with Gasteiger partial charge in [-0.3, -0.25) is 0 Å². The molecule has 0 aromatic heterocycles. The van der Waals surface area contributed by atoms with E-state index < -0.39 is 0 Å². The third-order valence-corrected chi connectivity index (χ3v) is 3.84. The van der Waals surface area contributed by atoms with Crippen molar-refractivity contribution in [2.24, 2.45) is 0 Å². The molecule has 0 spiro atoms. The maximum absolute atomic E-state index is 9.42. The summed E-state index contributed by atoms with van der Waals surface area (Å²) >= 11 is 0. The minimum atomic E-state index is -0.147. The van der Waals surface area contributed by atoms with Gasteiger partial charge in [-0.2, -0.15) is 0 Å². The number of rotatable bonds is 4. The molecule has 3 nitrogen and oxygen atoms in total. The number of aliphatic hydroxyl groups excluding tert-OH is 1. The Bertz CT molecular complexity index is 368. The van der Waals surface area contributed by atoms with Gasteiger partial charge in [0.05, 0.1) is 6.10 Å². The summed E-state index contributed by atoms with van der Waals surface area (Å²) in [6, 6.07) is 11.8. The van der Waals surface area contributed by atoms with Crippen LogP contribution in [0.3, 0.4) is 0 Å². The van der Waals surface area contributed by atoms with E-state index in [9.17, 15) is 5.11 Å². The molecule has 1 aromatic rings. The van der Waals surface area contributed by atoms with Crippen molar-refractivity contribution in [1.29, 1.82) is 0 Å². The number of aliphatic hydroxyl groups is 1. The fourth-order valence-electron chi connectivity index (χ4n) is 2.74. The molecular formula is C14H20N2O. The molecule has 1 heterocycles. The third kappa shape index (κ3) is 2.68. The van der Waals surface area contributed by atoms with Crippen LogP contribution in [-0.2, 0) is 0 Å². The van der Waals surface area contributed by atoms with Gasteiger partial charge in [0.2, 0.25) is 0 Å². The van der Waals surface area contributed by atoms with Crippen LogP contribution in [0.4, 0.5) is 0 Å². The molecule has 1 aliphatic heterocycles. The minimum Gasteiger partial charge on any atom is -0.392 e. The van der Waals surface area contributed by atoms with Gasteiger partial charge < -0.3 is 15.7 Å². The third-order valence-electron chi connectivity index (χ3n) is 3.84. The van der Waals surface area contributed by atoms with E-state index in [1.807, 2.05) is 0 Å². The molecule has 0 bridgehead atoms. The van der Waals surface area contributed by atoms with Crippen molar-refractivity contribution in [3.8, 4) is 0 Å². The Morgan fingerprint density at radius 2 is 2.06 bits per heavy atom. The lowest BCUT2D eigenvalue weighted by atomic mass is 10.1. The van der Waals surface area contributed by atoms with Crippen LogP contribution in [0, 0.1) is 0 Å². The lowest BCUT2D eigenvalue weighted by Gasteiger charge is -2.11. The van der Waals surface area contributed by atoms with Gasteiger partial charge in [-0.05, 0) is 18.4 Å². The molecule has 4 unspecified atom stereocenters. The van der Waals surface area contributed by atoms with Crippen molar-refractivity contribution in [2.75, 3.05) is 13.1 Å². The first-order valence-corrected chi connectivity index (χ1v) is 6.52. The number of hydrogen-bond acceptors (Lipinski definition) is 3. The first kappa shape index (κ1) is 11.2. The van der Waals surface area contributed by atoms with E-state index in [4.69, 9.17) is 0 Å². The Labute approximate surface area is 102 Å². The maximum Gasteiger partial charge on any atom is 0.0680 e. The Balaban J connectivity index is 1.44. The molecule has 1 aliphatic carbocycles. The molecule has 4 atom stereocenters. The summed E-state index contributed by atoms with van der Waals surface area (Å²) in [5.74, 6) is 0.697. The molecule has 0 amide bonds. The topological polar surface area (TPSA) is 44.3 Å². The average molecular weight is 232 g/mol. The van der Waals surface area contributed by atoms with Gasteiger partial charge >= 0.3 is 0 Å². The van der Waals surface area contributed by atoms with Crippen molar-refractivity contribution < 1.29 is 5.11 Å². The summed E-state index contributed by atoms with van der Waals surface area (Å²) in [6.07, 6.45) is 1.99. The lowest BCUT2D eigenvalue weighted by molar-refractivity contribution is 0.193. The monoisotopic (exact) mass is 232 g/mol. The normalized spacial score (nSPS) is 36.1. The molecule has 3 N–H and O–H groups in total. The maximum atomic E-state index is 9.42. The first-order chi connectivity index (χ1) is 8.33. The highest BCUT2D eigenvalue weighted by molar-refractivity contribution is 5.27. The highest BCUT2D eigenvalue weighted by atomic mass is 16.3. The van der Waals surface area contributed by atoms with E-state index >= 15 is 0 Å². The van der Waals surface area contributed by atoms with Crippen molar-refractivity contribution in [2.45, 2.75) is 36.9 Å². The van der Waals surface area contributed by atoms with Gasteiger partial charge in [-0.15, -0.1) is 0 Å². The highest BCUT2D eigenvalue weighted by Crippen LogP contribution is 2.40. The van der Waals surface area contributed by atoms with Crippen LogP contribution in [-0.4, -0.2) is 36.4 Å². The predicted molar refractivity (Wildman–Crippen MR) is 68.0 cm³/mol. The van der Waals surface area contributed by atoms with Crippen LogP contribution in [0.25, 0.3) is 0 Å². The highest BCUT2D eigenvalue weighted by Gasteiger charge is 2.38. The molecule has 2 fully saturated rings. The van der Waals surface area contributed by atoms with Crippen molar-refractivity contribution in [3.63, 3.8) is 0 Å². The molecule has 92 valence electrons. The number of hydrogen-bond donors (Lipinski definition) is 3. The molecule has 17 heavy (non-hydrogen) atoms. The second-order valence-electron chi connectivity index (χ2n) is 5.26. The van der Waals surface area contributed by atoms with Crippen LogP contribution in [0.1, 0.15) is 24.3 Å². The van der Waals surface area contributed by atoms with Gasteiger partial charge in [0.25, 0.3) is 0 Å². The van der Waals surface area contributed by atoms with E-state index in [0.29, 0.717) is 18.0 Å². The lowest BCUT2D eigenvalue weighted by Crippen LogP contribution is -2.35. The van der Waals surface area contributed by atoms with Crippen LogP contribution in [0.5, 0.6) is 0 Å². The molecule has 1 aromatic carbocycles. The summed E-state index contributed by atoms with van der Waals surface area (Å²) in [5, 5.41) is 16.3. The van der Waals surface area contributed by atoms with Crippen molar-refractivity contribution in [3.05, 3.63) is 35.9 Å². The van der Waals surface area contributed by atoms with E-state index in [-0.39, 0.29) is 6.10 Å². The van der Waals surface area contributed by atoms with Gasteiger partial charge in [0, 0.05) is 31.1 Å². The molecule has 0 radical (unpaired) electrons. The summed E-state index contributed by atoms with van der Waals surface area (Å²) in [4.78, 5) is 0. The van der Waals surface area contributed by atoms with Gasteiger partial charge in [-0.1, -0.05) is 30.3 Å².